The quantitative estimate of drug-likeness (QED) is 0.0487. The van der Waals surface area contributed by atoms with E-state index in [0.29, 0.717) is 11.8 Å². The van der Waals surface area contributed by atoms with Crippen molar-refractivity contribution in [3.63, 3.8) is 0 Å². The van der Waals surface area contributed by atoms with Crippen molar-refractivity contribution in [1.29, 1.82) is 0 Å². The fraction of sp³-hybridized carbons (Fsp3) is 0.727. The van der Waals surface area contributed by atoms with E-state index >= 15 is 0 Å². The van der Waals surface area contributed by atoms with E-state index < -0.39 is 0 Å². The first-order valence-corrected chi connectivity index (χ1v) is 22.8. The SMILES string of the molecule is SCCCCCCCCCCCCC1(CS)CCC(CS)C(c2ccccc2)C1(CCCCCCCCCCCCS)c1ccccc1. The van der Waals surface area contributed by atoms with Crippen molar-refractivity contribution in [2.45, 2.75) is 165 Å². The maximum Gasteiger partial charge on any atom is 0.00886 e. The summed E-state index contributed by atoms with van der Waals surface area (Å²) in [4.78, 5) is 0. The summed E-state index contributed by atoms with van der Waals surface area (Å²) in [6.45, 7) is 0. The van der Waals surface area contributed by atoms with Crippen LogP contribution in [-0.4, -0.2) is 23.0 Å². The van der Waals surface area contributed by atoms with E-state index in [-0.39, 0.29) is 10.8 Å². The van der Waals surface area contributed by atoms with Crippen molar-refractivity contribution in [1.82, 2.24) is 0 Å². The highest BCUT2D eigenvalue weighted by Crippen LogP contribution is 2.65. The summed E-state index contributed by atoms with van der Waals surface area (Å²) in [5.41, 5.74) is 3.36. The Balaban J connectivity index is 1.76. The summed E-state index contributed by atoms with van der Waals surface area (Å²) in [5.74, 6) is 5.07. The second-order valence-corrected chi connectivity index (χ2v) is 16.7. The molecule has 0 radical (unpaired) electrons. The Morgan fingerprint density at radius 2 is 0.896 bits per heavy atom. The van der Waals surface area contributed by atoms with Crippen molar-refractivity contribution in [2.75, 3.05) is 23.0 Å². The molecular weight excluding hydrogens is 657 g/mol. The van der Waals surface area contributed by atoms with Gasteiger partial charge in [-0.15, -0.1) is 0 Å². The smallest absolute Gasteiger partial charge is 0.00886 e. The third kappa shape index (κ3) is 13.1. The molecule has 0 bridgehead atoms. The maximum atomic E-state index is 5.33. The van der Waals surface area contributed by atoms with Crippen molar-refractivity contribution in [3.05, 3.63) is 71.8 Å². The molecule has 1 aliphatic rings. The van der Waals surface area contributed by atoms with Crippen molar-refractivity contribution >= 4 is 50.5 Å². The second-order valence-electron chi connectivity index (χ2n) is 15.2. The van der Waals surface area contributed by atoms with Crippen molar-refractivity contribution < 1.29 is 0 Å². The van der Waals surface area contributed by atoms with Gasteiger partial charge < -0.3 is 0 Å². The lowest BCUT2D eigenvalue weighted by Gasteiger charge is -2.61. The zero-order valence-electron chi connectivity index (χ0n) is 30.5. The van der Waals surface area contributed by atoms with Gasteiger partial charge in [0.2, 0.25) is 0 Å². The van der Waals surface area contributed by atoms with Crippen molar-refractivity contribution in [2.24, 2.45) is 11.3 Å². The minimum Gasteiger partial charge on any atom is -0.179 e. The Kier molecular flexibility index (Phi) is 22.7. The summed E-state index contributed by atoms with van der Waals surface area (Å²) in [5, 5.41) is 0. The molecule has 1 aliphatic carbocycles. The van der Waals surface area contributed by atoms with Crippen LogP contribution in [0.15, 0.2) is 60.7 Å². The first-order chi connectivity index (χ1) is 23.7. The molecule has 1 fully saturated rings. The predicted octanol–water partition coefficient (Wildman–Crippen LogP) is 14.4. The summed E-state index contributed by atoms with van der Waals surface area (Å²) in [6.07, 6.45) is 32.4. The van der Waals surface area contributed by atoms with Gasteiger partial charge in [-0.25, -0.2) is 0 Å². The van der Waals surface area contributed by atoms with Crippen molar-refractivity contribution in [3.8, 4) is 0 Å². The molecule has 0 saturated heterocycles. The molecule has 1 saturated carbocycles. The third-order valence-corrected chi connectivity index (χ3v) is 13.7. The molecule has 0 aliphatic heterocycles. The number of benzene rings is 2. The molecule has 0 nitrogen and oxygen atoms in total. The highest BCUT2D eigenvalue weighted by atomic mass is 32.1. The maximum absolute atomic E-state index is 5.33. The van der Waals surface area contributed by atoms with Gasteiger partial charge in [-0.3, -0.25) is 0 Å². The molecule has 272 valence electrons. The van der Waals surface area contributed by atoms with Crippen LogP contribution in [0.3, 0.4) is 0 Å². The molecule has 48 heavy (non-hydrogen) atoms. The van der Waals surface area contributed by atoms with Gasteiger partial charge in [-0.1, -0.05) is 176 Å². The zero-order valence-corrected chi connectivity index (χ0v) is 34.1. The Hall–Kier alpha value is -0.160. The van der Waals surface area contributed by atoms with Crippen LogP contribution in [0, 0.1) is 11.3 Å². The number of hydrogen-bond acceptors (Lipinski definition) is 4. The highest BCUT2D eigenvalue weighted by Gasteiger charge is 2.59. The molecule has 4 heteroatoms. The molecule has 0 amide bonds. The molecule has 4 unspecified atom stereocenters. The van der Waals surface area contributed by atoms with E-state index in [9.17, 15) is 0 Å². The average molecular weight is 729 g/mol. The molecule has 0 aromatic heterocycles. The van der Waals surface area contributed by atoms with Gasteiger partial charge in [0.1, 0.15) is 0 Å². The lowest BCUT2D eigenvalue weighted by molar-refractivity contribution is 0.00870. The second kappa shape index (κ2) is 25.7. The Morgan fingerprint density at radius 1 is 0.479 bits per heavy atom. The number of thiol groups is 4. The standard InChI is InChI=1S/C44H72S4/c45-35-25-15-11-7-3-1-5-9-13-23-32-43(38-48)34-31-40(37-47)42(39-27-19-17-20-28-39)44(43,41-29-21-18-22-30-41)33-24-14-10-6-2-4-8-12-16-26-36-46/h17-22,27-30,40,42,45-48H,1-16,23-26,31-38H2. The van der Waals surface area contributed by atoms with E-state index in [1.807, 2.05) is 0 Å². The molecule has 0 spiro atoms. The van der Waals surface area contributed by atoms with Crippen LogP contribution >= 0.6 is 50.5 Å². The van der Waals surface area contributed by atoms with E-state index in [1.54, 1.807) is 5.56 Å². The summed E-state index contributed by atoms with van der Waals surface area (Å²) >= 11 is 19.1. The number of unbranched alkanes of at least 4 members (excludes halogenated alkanes) is 18. The van der Waals surface area contributed by atoms with Gasteiger partial charge >= 0.3 is 0 Å². The predicted molar refractivity (Wildman–Crippen MR) is 229 cm³/mol. The largest absolute Gasteiger partial charge is 0.179 e. The number of hydrogen-bond donors (Lipinski definition) is 4. The van der Waals surface area contributed by atoms with Crippen LogP contribution in [0.4, 0.5) is 0 Å². The van der Waals surface area contributed by atoms with Gasteiger partial charge in [0.05, 0.1) is 0 Å². The van der Waals surface area contributed by atoms with Crippen LogP contribution in [0.5, 0.6) is 0 Å². The molecular formula is C44H72S4. The van der Waals surface area contributed by atoms with Crippen LogP contribution in [0.1, 0.15) is 171 Å². The lowest BCUT2D eigenvalue weighted by Crippen LogP contribution is -2.56. The average Bonchev–Trinajstić information content (AvgIpc) is 3.13. The van der Waals surface area contributed by atoms with Gasteiger partial charge in [0.25, 0.3) is 0 Å². The van der Waals surface area contributed by atoms with Crippen LogP contribution in [0.2, 0.25) is 0 Å². The van der Waals surface area contributed by atoms with E-state index in [0.717, 1.165) is 23.0 Å². The Bertz CT molecular complexity index is 1030. The Labute approximate surface area is 320 Å². The summed E-state index contributed by atoms with van der Waals surface area (Å²) in [7, 11) is 0. The van der Waals surface area contributed by atoms with Crippen LogP contribution in [-0.2, 0) is 5.41 Å². The van der Waals surface area contributed by atoms with Gasteiger partial charge in [0.15, 0.2) is 0 Å². The molecule has 4 atom stereocenters. The first kappa shape index (κ1) is 42.3. The summed E-state index contributed by atoms with van der Waals surface area (Å²) < 4.78 is 0. The molecule has 0 heterocycles. The van der Waals surface area contributed by atoms with E-state index in [1.165, 1.54) is 160 Å². The molecule has 2 aromatic rings. The number of rotatable bonds is 28. The molecule has 0 N–H and O–H groups in total. The molecule has 3 rings (SSSR count). The topological polar surface area (TPSA) is 0 Å². The third-order valence-electron chi connectivity index (χ3n) is 12.0. The fourth-order valence-electron chi connectivity index (χ4n) is 9.35. The van der Waals surface area contributed by atoms with Crippen LogP contribution in [0.25, 0.3) is 0 Å². The molecule has 2 aromatic carbocycles. The zero-order chi connectivity index (χ0) is 34.2. The normalized spacial score (nSPS) is 22.7. The van der Waals surface area contributed by atoms with Gasteiger partial charge in [-0.2, -0.15) is 50.5 Å². The van der Waals surface area contributed by atoms with E-state index in [2.05, 4.69) is 85.9 Å². The minimum absolute atomic E-state index is 0.0724. The first-order valence-electron chi connectivity index (χ1n) is 20.2. The van der Waals surface area contributed by atoms with Gasteiger partial charge in [0, 0.05) is 5.41 Å². The lowest BCUT2D eigenvalue weighted by atomic mass is 9.43. The summed E-state index contributed by atoms with van der Waals surface area (Å²) in [6, 6.07) is 23.4. The van der Waals surface area contributed by atoms with E-state index in [4.69, 9.17) is 25.3 Å². The monoisotopic (exact) mass is 728 g/mol. The highest BCUT2D eigenvalue weighted by molar-refractivity contribution is 7.80. The van der Waals surface area contributed by atoms with Gasteiger partial charge in [-0.05, 0) is 89.9 Å². The minimum atomic E-state index is 0.0724. The fourth-order valence-corrected chi connectivity index (χ4v) is 10.8. The Morgan fingerprint density at radius 3 is 1.33 bits per heavy atom. The van der Waals surface area contributed by atoms with Crippen LogP contribution < -0.4 is 0 Å².